The second-order valence-corrected chi connectivity index (χ2v) is 8.18. The van der Waals surface area contributed by atoms with Gasteiger partial charge in [0.15, 0.2) is 0 Å². The molecule has 0 aromatic carbocycles. The zero-order valence-corrected chi connectivity index (χ0v) is 17.3. The molecule has 3 aromatic rings. The van der Waals surface area contributed by atoms with Crippen molar-refractivity contribution in [2.45, 2.75) is 45.7 Å². The third-order valence-electron chi connectivity index (χ3n) is 4.32. The molecule has 3 rings (SSSR count). The van der Waals surface area contributed by atoms with Gasteiger partial charge in [0.05, 0.1) is 12.0 Å². The molecule has 160 valence electrons. The van der Waals surface area contributed by atoms with Gasteiger partial charge in [0.25, 0.3) is 11.5 Å². The Morgan fingerprint density at radius 3 is 2.50 bits per heavy atom. The Labute approximate surface area is 172 Å². The number of aromatic nitrogens is 3. The Balaban J connectivity index is 2.11. The molecule has 30 heavy (non-hydrogen) atoms. The fraction of sp³-hybridized carbons (Fsp3) is 0.381. The number of nitrogens with one attached hydrogen (secondary N) is 2. The summed E-state index contributed by atoms with van der Waals surface area (Å²) in [6, 6.07) is 5.93. The van der Waals surface area contributed by atoms with Crippen LogP contribution in [0.3, 0.4) is 0 Å². The molecule has 0 atom stereocenters. The lowest BCUT2D eigenvalue weighted by Crippen LogP contribution is -2.29. The summed E-state index contributed by atoms with van der Waals surface area (Å²) in [6.07, 6.45) is 2.90. The van der Waals surface area contributed by atoms with Crippen molar-refractivity contribution in [3.8, 4) is 0 Å². The first-order valence-electron chi connectivity index (χ1n) is 9.52. The fourth-order valence-electron chi connectivity index (χ4n) is 3.00. The van der Waals surface area contributed by atoms with Gasteiger partial charge >= 0.3 is 0 Å². The lowest BCUT2D eigenvalue weighted by Gasteiger charge is -2.23. The van der Waals surface area contributed by atoms with Crippen molar-refractivity contribution in [1.29, 1.82) is 0 Å². The Bertz CT molecular complexity index is 1120. The van der Waals surface area contributed by atoms with Crippen molar-refractivity contribution in [1.82, 2.24) is 14.5 Å². The highest BCUT2D eigenvalue weighted by Gasteiger charge is 2.24. The molecule has 0 bridgehead atoms. The van der Waals surface area contributed by atoms with Crippen LogP contribution in [0, 0.1) is 0 Å². The van der Waals surface area contributed by atoms with E-state index in [1.54, 1.807) is 18.3 Å². The maximum atomic E-state index is 13.6. The second-order valence-electron chi connectivity index (χ2n) is 8.18. The minimum atomic E-state index is -2.99. The van der Waals surface area contributed by atoms with Crippen molar-refractivity contribution in [3.05, 3.63) is 52.6 Å². The van der Waals surface area contributed by atoms with Crippen molar-refractivity contribution >= 4 is 28.2 Å². The monoisotopic (exact) mass is 417 g/mol. The molecule has 0 aliphatic carbocycles. The van der Waals surface area contributed by atoms with Gasteiger partial charge < -0.3 is 20.3 Å². The number of rotatable bonds is 6. The molecule has 0 saturated heterocycles. The summed E-state index contributed by atoms with van der Waals surface area (Å²) in [6.45, 7) is 6.64. The molecular formula is C21H25F2N5O2. The third kappa shape index (κ3) is 4.91. The van der Waals surface area contributed by atoms with Gasteiger partial charge in [0.1, 0.15) is 17.5 Å². The highest BCUT2D eigenvalue weighted by Crippen LogP contribution is 2.30. The van der Waals surface area contributed by atoms with Crippen molar-refractivity contribution in [2.75, 3.05) is 17.2 Å². The van der Waals surface area contributed by atoms with Gasteiger partial charge in [-0.1, -0.05) is 0 Å². The minimum Gasteiger partial charge on any atom is -0.395 e. The van der Waals surface area contributed by atoms with E-state index >= 15 is 0 Å². The van der Waals surface area contributed by atoms with Crippen LogP contribution in [0.25, 0.3) is 10.8 Å². The van der Waals surface area contributed by atoms with Crippen molar-refractivity contribution in [3.63, 3.8) is 0 Å². The summed E-state index contributed by atoms with van der Waals surface area (Å²) in [5.74, 6) is -2.06. The van der Waals surface area contributed by atoms with Crippen LogP contribution in [0.5, 0.6) is 0 Å². The topological polar surface area (TPSA) is 92.1 Å². The minimum absolute atomic E-state index is 0.162. The summed E-state index contributed by atoms with van der Waals surface area (Å²) < 4.78 is 28.7. The molecule has 9 heteroatoms. The maximum absolute atomic E-state index is 13.6. The average Bonchev–Trinajstić information content (AvgIpc) is 2.62. The molecule has 3 heterocycles. The van der Waals surface area contributed by atoms with Gasteiger partial charge in [-0.2, -0.15) is 0 Å². The highest BCUT2D eigenvalue weighted by molar-refractivity contribution is 5.93. The molecule has 0 radical (unpaired) electrons. The molecule has 0 spiro atoms. The Morgan fingerprint density at radius 1 is 1.13 bits per heavy atom. The van der Waals surface area contributed by atoms with Crippen LogP contribution < -0.4 is 16.2 Å². The maximum Gasteiger partial charge on any atom is 0.270 e. The molecule has 3 aromatic heterocycles. The molecule has 3 N–H and O–H groups in total. The number of halogens is 2. The SMILES string of the molecule is CC(C)(C)Nc1nc(Nc2cc(C(C)(F)F)ccn2)cc2ccn(CCO)c(=O)c12. The zero-order chi connectivity index (χ0) is 22.1. The Morgan fingerprint density at radius 2 is 1.87 bits per heavy atom. The zero-order valence-electron chi connectivity index (χ0n) is 17.3. The number of fused-ring (bicyclic) bond motifs is 1. The predicted octanol–water partition coefficient (Wildman–Crippen LogP) is 3.85. The third-order valence-corrected chi connectivity index (χ3v) is 4.32. The molecule has 0 amide bonds. The van der Waals surface area contributed by atoms with E-state index in [1.807, 2.05) is 20.8 Å². The summed E-state index contributed by atoms with van der Waals surface area (Å²) in [5.41, 5.74) is -0.829. The van der Waals surface area contributed by atoms with Crippen LogP contribution in [0.4, 0.5) is 26.2 Å². The normalized spacial score (nSPS) is 12.2. The van der Waals surface area contributed by atoms with Gasteiger partial charge in [-0.05, 0) is 50.4 Å². The molecule has 0 fully saturated rings. The van der Waals surface area contributed by atoms with Crippen LogP contribution in [0.15, 0.2) is 41.5 Å². The predicted molar refractivity (Wildman–Crippen MR) is 114 cm³/mol. The van der Waals surface area contributed by atoms with E-state index in [9.17, 15) is 18.7 Å². The summed E-state index contributed by atoms with van der Waals surface area (Å²) in [7, 11) is 0. The van der Waals surface area contributed by atoms with Crippen LogP contribution in [0.2, 0.25) is 0 Å². The van der Waals surface area contributed by atoms with E-state index in [4.69, 9.17) is 0 Å². The average molecular weight is 417 g/mol. The van der Waals surface area contributed by atoms with E-state index in [1.165, 1.54) is 22.9 Å². The van der Waals surface area contributed by atoms with Crippen LogP contribution in [-0.2, 0) is 12.5 Å². The smallest absolute Gasteiger partial charge is 0.270 e. The van der Waals surface area contributed by atoms with E-state index < -0.39 is 5.92 Å². The lowest BCUT2D eigenvalue weighted by atomic mass is 10.1. The summed E-state index contributed by atoms with van der Waals surface area (Å²) in [5, 5.41) is 16.4. The van der Waals surface area contributed by atoms with E-state index in [0.29, 0.717) is 22.4 Å². The van der Waals surface area contributed by atoms with Crippen LogP contribution in [0.1, 0.15) is 33.3 Å². The largest absolute Gasteiger partial charge is 0.395 e. The lowest BCUT2D eigenvalue weighted by molar-refractivity contribution is 0.0174. The van der Waals surface area contributed by atoms with E-state index in [2.05, 4.69) is 20.6 Å². The number of aliphatic hydroxyl groups is 1. The van der Waals surface area contributed by atoms with Gasteiger partial charge in [-0.3, -0.25) is 4.79 Å². The molecular weight excluding hydrogens is 392 g/mol. The Kier molecular flexibility index (Phi) is 5.76. The van der Waals surface area contributed by atoms with Gasteiger partial charge in [0, 0.05) is 37.0 Å². The molecule has 0 aliphatic rings. The molecule has 7 nitrogen and oxygen atoms in total. The fourth-order valence-corrected chi connectivity index (χ4v) is 3.00. The number of anilines is 3. The van der Waals surface area contributed by atoms with Crippen molar-refractivity contribution in [2.24, 2.45) is 0 Å². The van der Waals surface area contributed by atoms with E-state index in [-0.39, 0.29) is 35.6 Å². The number of hydrogen-bond donors (Lipinski definition) is 3. The number of pyridine rings is 3. The molecule has 0 saturated carbocycles. The quantitative estimate of drug-likeness (QED) is 0.564. The first-order chi connectivity index (χ1) is 14.0. The van der Waals surface area contributed by atoms with Crippen LogP contribution >= 0.6 is 0 Å². The molecule has 0 aliphatic heterocycles. The van der Waals surface area contributed by atoms with Crippen molar-refractivity contribution < 1.29 is 13.9 Å². The number of alkyl halides is 2. The molecule has 0 unspecified atom stereocenters. The number of nitrogens with zero attached hydrogens (tertiary/aromatic N) is 3. The standard InChI is InChI=1S/C21H25F2N5O2/c1-20(2,3)27-18-17-13(6-8-28(9-10-29)19(17)30)11-16(26-18)25-15-12-14(5-7-24-15)21(4,22)23/h5-8,11-12,29H,9-10H2,1-4H3,(H2,24,25,26,27). The highest BCUT2D eigenvalue weighted by atomic mass is 19.3. The summed E-state index contributed by atoms with van der Waals surface area (Å²) >= 11 is 0. The summed E-state index contributed by atoms with van der Waals surface area (Å²) in [4.78, 5) is 21.5. The van der Waals surface area contributed by atoms with E-state index in [0.717, 1.165) is 6.92 Å². The van der Waals surface area contributed by atoms with Gasteiger partial charge in [0.2, 0.25) is 0 Å². The number of aliphatic hydroxyl groups excluding tert-OH is 1. The Hall–Kier alpha value is -3.07. The van der Waals surface area contributed by atoms with Gasteiger partial charge in [-0.15, -0.1) is 0 Å². The van der Waals surface area contributed by atoms with Crippen LogP contribution in [-0.4, -0.2) is 31.8 Å². The first-order valence-corrected chi connectivity index (χ1v) is 9.52. The number of hydrogen-bond acceptors (Lipinski definition) is 6. The first kappa shape index (κ1) is 21.6. The second kappa shape index (κ2) is 7.98. The van der Waals surface area contributed by atoms with Gasteiger partial charge in [-0.25, -0.2) is 18.7 Å².